The van der Waals surface area contributed by atoms with Gasteiger partial charge in [0.2, 0.25) is 0 Å². The molecule has 0 aromatic rings. The van der Waals surface area contributed by atoms with Gasteiger partial charge in [-0.25, -0.2) is 0 Å². The van der Waals surface area contributed by atoms with E-state index in [9.17, 15) is 0 Å². The van der Waals surface area contributed by atoms with E-state index in [0.29, 0.717) is 12.0 Å². The van der Waals surface area contributed by atoms with Crippen LogP contribution in [0.25, 0.3) is 0 Å². The molecule has 0 aromatic heterocycles. The van der Waals surface area contributed by atoms with Gasteiger partial charge in [0.25, 0.3) is 0 Å². The molecule has 0 rings (SSSR count). The van der Waals surface area contributed by atoms with Gasteiger partial charge in [-0.3, -0.25) is 0 Å². The van der Waals surface area contributed by atoms with Crippen LogP contribution >= 0.6 is 0 Å². The van der Waals surface area contributed by atoms with Gasteiger partial charge in [0.05, 0.1) is 0 Å². The Labute approximate surface area is 63.5 Å². The van der Waals surface area contributed by atoms with E-state index in [0.717, 1.165) is 6.42 Å². The van der Waals surface area contributed by atoms with Crippen molar-refractivity contribution in [1.82, 2.24) is 5.32 Å². The van der Waals surface area contributed by atoms with Crippen LogP contribution in [-0.2, 0) is 0 Å². The largest absolute Gasteiger partial charge is 0.394 e. The summed E-state index contributed by atoms with van der Waals surface area (Å²) in [6.07, 6.45) is 4.94. The highest BCUT2D eigenvalue weighted by Gasteiger charge is 2.03. The molecule has 0 aliphatic rings. The molecule has 0 amide bonds. The Hall–Kier alpha value is -0.500. The minimum atomic E-state index is 0.296. The van der Waals surface area contributed by atoms with Gasteiger partial charge in [-0.2, -0.15) is 0 Å². The predicted molar refractivity (Wildman–Crippen MR) is 45.6 cm³/mol. The van der Waals surface area contributed by atoms with Gasteiger partial charge in [0.15, 0.2) is 0 Å². The average molecular weight is 142 g/mol. The van der Waals surface area contributed by atoms with Gasteiger partial charge in [0, 0.05) is 13.1 Å². The minimum absolute atomic E-state index is 0.296. The summed E-state index contributed by atoms with van der Waals surface area (Å²) >= 11 is 0. The Bertz CT molecular complexity index is 97.4. The molecule has 0 bridgehead atoms. The SMILES string of the molecule is CN/C=C\CC(N)C(C)C. The summed E-state index contributed by atoms with van der Waals surface area (Å²) in [6.45, 7) is 4.27. The molecule has 0 fully saturated rings. The molecule has 1 unspecified atom stereocenters. The van der Waals surface area contributed by atoms with Crippen LogP contribution in [0.4, 0.5) is 0 Å². The van der Waals surface area contributed by atoms with E-state index in [4.69, 9.17) is 5.73 Å². The fourth-order valence-electron chi connectivity index (χ4n) is 0.615. The first-order chi connectivity index (χ1) is 4.68. The van der Waals surface area contributed by atoms with Gasteiger partial charge < -0.3 is 11.1 Å². The molecule has 2 heteroatoms. The lowest BCUT2D eigenvalue weighted by molar-refractivity contribution is 0.497. The lowest BCUT2D eigenvalue weighted by Crippen LogP contribution is -2.25. The van der Waals surface area contributed by atoms with Crippen LogP contribution in [-0.4, -0.2) is 13.1 Å². The van der Waals surface area contributed by atoms with Crippen molar-refractivity contribution in [3.05, 3.63) is 12.3 Å². The Kier molecular flexibility index (Phi) is 5.03. The van der Waals surface area contributed by atoms with Crippen LogP contribution < -0.4 is 11.1 Å². The van der Waals surface area contributed by atoms with Gasteiger partial charge in [-0.1, -0.05) is 19.9 Å². The van der Waals surface area contributed by atoms with Crippen LogP contribution in [0.5, 0.6) is 0 Å². The van der Waals surface area contributed by atoms with Crippen LogP contribution in [0.1, 0.15) is 20.3 Å². The summed E-state index contributed by atoms with van der Waals surface area (Å²) in [5.41, 5.74) is 5.78. The number of rotatable bonds is 4. The first kappa shape index (κ1) is 9.50. The fourth-order valence-corrected chi connectivity index (χ4v) is 0.615. The first-order valence-electron chi connectivity index (χ1n) is 3.76. The average Bonchev–Trinajstić information content (AvgIpc) is 1.88. The Balaban J connectivity index is 3.38. The monoisotopic (exact) mass is 142 g/mol. The third-order valence-electron chi connectivity index (χ3n) is 1.55. The molecule has 0 spiro atoms. The van der Waals surface area contributed by atoms with Gasteiger partial charge in [0.1, 0.15) is 0 Å². The Morgan fingerprint density at radius 2 is 2.10 bits per heavy atom. The molecule has 0 aliphatic carbocycles. The molecule has 2 nitrogen and oxygen atoms in total. The van der Waals surface area contributed by atoms with Crippen molar-refractivity contribution in [3.63, 3.8) is 0 Å². The molecule has 10 heavy (non-hydrogen) atoms. The predicted octanol–water partition coefficient (Wildman–Crippen LogP) is 1.09. The van der Waals surface area contributed by atoms with Crippen molar-refractivity contribution in [3.8, 4) is 0 Å². The highest BCUT2D eigenvalue weighted by Crippen LogP contribution is 2.02. The van der Waals surface area contributed by atoms with Crippen LogP contribution in [0.2, 0.25) is 0 Å². The first-order valence-corrected chi connectivity index (χ1v) is 3.76. The smallest absolute Gasteiger partial charge is 0.00972 e. The Morgan fingerprint density at radius 1 is 1.50 bits per heavy atom. The van der Waals surface area contributed by atoms with Crippen molar-refractivity contribution < 1.29 is 0 Å². The molecule has 60 valence electrons. The number of hydrogen-bond acceptors (Lipinski definition) is 2. The highest BCUT2D eigenvalue weighted by molar-refractivity contribution is 4.83. The summed E-state index contributed by atoms with van der Waals surface area (Å²) < 4.78 is 0. The molecule has 0 aliphatic heterocycles. The molecule has 0 heterocycles. The topological polar surface area (TPSA) is 38.0 Å². The van der Waals surface area contributed by atoms with E-state index >= 15 is 0 Å². The molecule has 0 saturated carbocycles. The van der Waals surface area contributed by atoms with Crippen molar-refractivity contribution in [2.75, 3.05) is 7.05 Å². The second kappa shape index (κ2) is 5.30. The molecular formula is C8H18N2. The summed E-state index contributed by atoms with van der Waals surface area (Å²) in [7, 11) is 1.89. The van der Waals surface area contributed by atoms with Crippen LogP contribution in [0, 0.1) is 5.92 Å². The van der Waals surface area contributed by atoms with Gasteiger partial charge in [-0.15, -0.1) is 0 Å². The van der Waals surface area contributed by atoms with Crippen LogP contribution in [0.3, 0.4) is 0 Å². The van der Waals surface area contributed by atoms with Gasteiger partial charge in [-0.05, 0) is 18.5 Å². The van der Waals surface area contributed by atoms with E-state index in [2.05, 4.69) is 25.2 Å². The normalized spacial score (nSPS) is 14.5. The standard InChI is InChI=1S/C8H18N2/c1-7(2)8(9)5-4-6-10-3/h4,6-8,10H,5,9H2,1-3H3/b6-4-. The van der Waals surface area contributed by atoms with E-state index in [-0.39, 0.29) is 0 Å². The molecular weight excluding hydrogens is 124 g/mol. The fraction of sp³-hybridized carbons (Fsp3) is 0.750. The lowest BCUT2D eigenvalue weighted by atomic mass is 10.0. The highest BCUT2D eigenvalue weighted by atomic mass is 14.8. The molecule has 3 N–H and O–H groups in total. The number of nitrogens with two attached hydrogens (primary N) is 1. The van der Waals surface area contributed by atoms with E-state index in [1.54, 1.807) is 0 Å². The van der Waals surface area contributed by atoms with Crippen molar-refractivity contribution in [1.29, 1.82) is 0 Å². The third kappa shape index (κ3) is 4.39. The van der Waals surface area contributed by atoms with E-state index in [1.165, 1.54) is 0 Å². The zero-order valence-electron chi connectivity index (χ0n) is 7.09. The summed E-state index contributed by atoms with van der Waals surface area (Å²) in [6, 6.07) is 0.296. The lowest BCUT2D eigenvalue weighted by Gasteiger charge is -2.12. The van der Waals surface area contributed by atoms with Gasteiger partial charge >= 0.3 is 0 Å². The zero-order chi connectivity index (χ0) is 7.98. The van der Waals surface area contributed by atoms with Crippen molar-refractivity contribution in [2.24, 2.45) is 11.7 Å². The molecule has 1 atom stereocenters. The Morgan fingerprint density at radius 3 is 2.50 bits per heavy atom. The second-order valence-electron chi connectivity index (χ2n) is 2.83. The summed E-state index contributed by atoms with van der Waals surface area (Å²) in [4.78, 5) is 0. The second-order valence-corrected chi connectivity index (χ2v) is 2.83. The number of hydrogen-bond donors (Lipinski definition) is 2. The molecule has 0 aromatic carbocycles. The number of nitrogens with one attached hydrogen (secondary N) is 1. The minimum Gasteiger partial charge on any atom is -0.394 e. The quantitative estimate of drug-likeness (QED) is 0.616. The van der Waals surface area contributed by atoms with Crippen molar-refractivity contribution in [2.45, 2.75) is 26.3 Å². The van der Waals surface area contributed by atoms with Crippen LogP contribution in [0.15, 0.2) is 12.3 Å². The third-order valence-corrected chi connectivity index (χ3v) is 1.55. The maximum absolute atomic E-state index is 5.78. The van der Waals surface area contributed by atoms with Crippen molar-refractivity contribution >= 4 is 0 Å². The maximum Gasteiger partial charge on any atom is 0.00972 e. The molecule has 0 radical (unpaired) electrons. The molecule has 0 saturated heterocycles. The van der Waals surface area contributed by atoms with E-state index in [1.807, 2.05) is 13.2 Å². The zero-order valence-corrected chi connectivity index (χ0v) is 7.09. The van der Waals surface area contributed by atoms with E-state index < -0.39 is 0 Å². The summed E-state index contributed by atoms with van der Waals surface area (Å²) in [5, 5.41) is 2.93. The summed E-state index contributed by atoms with van der Waals surface area (Å²) in [5.74, 6) is 0.571. The maximum atomic E-state index is 5.78.